The van der Waals surface area contributed by atoms with Crippen LogP contribution in [0.5, 0.6) is 0 Å². The van der Waals surface area contributed by atoms with Gasteiger partial charge < -0.3 is 9.47 Å². The summed E-state index contributed by atoms with van der Waals surface area (Å²) in [5.74, 6) is -2.05. The molecule has 17 heavy (non-hydrogen) atoms. The van der Waals surface area contributed by atoms with E-state index in [4.69, 9.17) is 9.47 Å². The normalized spacial score (nSPS) is 10.4. The average Bonchev–Trinajstić information content (AvgIpc) is 2.66. The van der Waals surface area contributed by atoms with E-state index in [1.807, 2.05) is 12.3 Å². The third kappa shape index (κ3) is 3.30. The number of carbonyl (C=O) groups excluding carboxylic acids is 2. The van der Waals surface area contributed by atoms with Gasteiger partial charge in [-0.15, -0.1) is 11.3 Å². The second kappa shape index (κ2) is 6.39. The summed E-state index contributed by atoms with van der Waals surface area (Å²) in [5.41, 5.74) is 0.673. The smallest absolute Gasteiger partial charge is 0.324 e. The van der Waals surface area contributed by atoms with Crippen molar-refractivity contribution in [1.82, 2.24) is 0 Å². The molecule has 0 N–H and O–H groups in total. The van der Waals surface area contributed by atoms with Crippen LogP contribution in [-0.4, -0.2) is 25.2 Å². The van der Waals surface area contributed by atoms with Gasteiger partial charge in [-0.3, -0.25) is 9.59 Å². The largest absolute Gasteiger partial charge is 0.465 e. The van der Waals surface area contributed by atoms with E-state index < -0.39 is 17.9 Å². The number of thiophene rings is 1. The van der Waals surface area contributed by atoms with Crippen molar-refractivity contribution in [1.29, 1.82) is 0 Å². The SMILES string of the molecule is CCOC(=O)C(C(=O)OCC)c1ccsc1C. The summed E-state index contributed by atoms with van der Waals surface area (Å²) in [6, 6.07) is 1.76. The Kier molecular flexibility index (Phi) is 5.15. The Labute approximate surface area is 105 Å². The van der Waals surface area contributed by atoms with Crippen LogP contribution in [0.15, 0.2) is 11.4 Å². The van der Waals surface area contributed by atoms with E-state index in [1.54, 1.807) is 19.9 Å². The summed E-state index contributed by atoms with van der Waals surface area (Å²) in [6.07, 6.45) is 0. The zero-order valence-corrected chi connectivity index (χ0v) is 11.0. The van der Waals surface area contributed by atoms with Gasteiger partial charge in [0, 0.05) is 4.88 Å². The number of ether oxygens (including phenoxy) is 2. The highest BCUT2D eigenvalue weighted by atomic mass is 32.1. The fraction of sp³-hybridized carbons (Fsp3) is 0.500. The number of esters is 2. The first-order valence-electron chi connectivity index (χ1n) is 5.49. The van der Waals surface area contributed by atoms with Gasteiger partial charge in [-0.1, -0.05) is 0 Å². The van der Waals surface area contributed by atoms with Crippen molar-refractivity contribution in [3.05, 3.63) is 21.9 Å². The van der Waals surface area contributed by atoms with Gasteiger partial charge in [0.1, 0.15) is 0 Å². The van der Waals surface area contributed by atoms with Crippen LogP contribution in [0, 0.1) is 6.92 Å². The lowest BCUT2D eigenvalue weighted by Gasteiger charge is -2.14. The molecule has 4 nitrogen and oxygen atoms in total. The minimum absolute atomic E-state index is 0.248. The zero-order valence-electron chi connectivity index (χ0n) is 10.2. The Morgan fingerprint density at radius 3 is 2.12 bits per heavy atom. The van der Waals surface area contributed by atoms with Gasteiger partial charge in [0.05, 0.1) is 13.2 Å². The monoisotopic (exact) mass is 256 g/mol. The second-order valence-electron chi connectivity index (χ2n) is 3.37. The summed E-state index contributed by atoms with van der Waals surface area (Å²) >= 11 is 1.49. The molecule has 0 amide bonds. The lowest BCUT2D eigenvalue weighted by Crippen LogP contribution is -2.26. The van der Waals surface area contributed by atoms with Gasteiger partial charge in [-0.05, 0) is 37.8 Å². The minimum Gasteiger partial charge on any atom is -0.465 e. The lowest BCUT2D eigenvalue weighted by molar-refractivity contribution is -0.156. The molecule has 0 saturated heterocycles. The first-order valence-corrected chi connectivity index (χ1v) is 6.37. The van der Waals surface area contributed by atoms with Crippen molar-refractivity contribution in [2.24, 2.45) is 0 Å². The van der Waals surface area contributed by atoms with Crippen LogP contribution >= 0.6 is 11.3 Å². The fourth-order valence-electron chi connectivity index (χ4n) is 1.50. The number of hydrogen-bond donors (Lipinski definition) is 0. The molecular weight excluding hydrogens is 240 g/mol. The van der Waals surface area contributed by atoms with Crippen LogP contribution in [0.3, 0.4) is 0 Å². The molecule has 1 rings (SSSR count). The Hall–Kier alpha value is -1.36. The molecule has 5 heteroatoms. The molecular formula is C12H16O4S. The van der Waals surface area contributed by atoms with Gasteiger partial charge in [0.2, 0.25) is 0 Å². The number of aryl methyl sites for hydroxylation is 1. The van der Waals surface area contributed by atoms with Crippen LogP contribution in [0.2, 0.25) is 0 Å². The molecule has 0 bridgehead atoms. The zero-order chi connectivity index (χ0) is 12.8. The molecule has 1 aromatic rings. The van der Waals surface area contributed by atoms with Gasteiger partial charge in [0.25, 0.3) is 0 Å². The molecule has 0 atom stereocenters. The van der Waals surface area contributed by atoms with Gasteiger partial charge in [0.15, 0.2) is 5.92 Å². The maximum absolute atomic E-state index is 11.8. The molecule has 0 spiro atoms. The highest BCUT2D eigenvalue weighted by molar-refractivity contribution is 7.10. The van der Waals surface area contributed by atoms with E-state index in [9.17, 15) is 9.59 Å². The van der Waals surface area contributed by atoms with Crippen LogP contribution in [0.1, 0.15) is 30.2 Å². The molecule has 0 aromatic carbocycles. The number of hydrogen-bond acceptors (Lipinski definition) is 5. The number of carbonyl (C=O) groups is 2. The molecule has 0 radical (unpaired) electrons. The van der Waals surface area contributed by atoms with E-state index in [2.05, 4.69) is 0 Å². The van der Waals surface area contributed by atoms with E-state index in [1.165, 1.54) is 11.3 Å². The van der Waals surface area contributed by atoms with Crippen molar-refractivity contribution < 1.29 is 19.1 Å². The highest BCUT2D eigenvalue weighted by Gasteiger charge is 2.32. The van der Waals surface area contributed by atoms with Crippen molar-refractivity contribution >= 4 is 23.3 Å². The van der Waals surface area contributed by atoms with Crippen molar-refractivity contribution in [2.75, 3.05) is 13.2 Å². The predicted octanol–water partition coefficient (Wildman–Crippen LogP) is 2.27. The second-order valence-corrected chi connectivity index (χ2v) is 4.49. The fourth-order valence-corrected chi connectivity index (χ4v) is 2.24. The molecule has 0 unspecified atom stereocenters. The maximum Gasteiger partial charge on any atom is 0.324 e. The van der Waals surface area contributed by atoms with Crippen molar-refractivity contribution in [3.8, 4) is 0 Å². The summed E-state index contributed by atoms with van der Waals surface area (Å²) in [4.78, 5) is 24.5. The van der Waals surface area contributed by atoms with Crippen molar-refractivity contribution in [3.63, 3.8) is 0 Å². The van der Waals surface area contributed by atoms with Crippen LogP contribution in [0.4, 0.5) is 0 Å². The molecule has 0 aliphatic heterocycles. The lowest BCUT2D eigenvalue weighted by atomic mass is 10.0. The van der Waals surface area contributed by atoms with E-state index in [0.29, 0.717) is 5.56 Å². The van der Waals surface area contributed by atoms with Gasteiger partial charge in [-0.2, -0.15) is 0 Å². The summed E-state index contributed by atoms with van der Waals surface area (Å²) in [7, 11) is 0. The molecule has 1 heterocycles. The van der Waals surface area contributed by atoms with E-state index in [-0.39, 0.29) is 13.2 Å². The molecule has 1 aromatic heterocycles. The Balaban J connectivity index is 2.98. The first kappa shape index (κ1) is 13.7. The van der Waals surface area contributed by atoms with Crippen LogP contribution in [0.25, 0.3) is 0 Å². The third-order valence-electron chi connectivity index (χ3n) is 2.25. The van der Waals surface area contributed by atoms with Crippen molar-refractivity contribution in [2.45, 2.75) is 26.7 Å². The minimum atomic E-state index is -0.957. The highest BCUT2D eigenvalue weighted by Crippen LogP contribution is 2.26. The summed E-state index contributed by atoms with van der Waals surface area (Å²) < 4.78 is 9.83. The molecule has 0 fully saturated rings. The number of rotatable bonds is 5. The Bertz CT molecular complexity index is 379. The predicted molar refractivity (Wildman–Crippen MR) is 65.1 cm³/mol. The topological polar surface area (TPSA) is 52.6 Å². The van der Waals surface area contributed by atoms with Crippen LogP contribution < -0.4 is 0 Å². The van der Waals surface area contributed by atoms with Gasteiger partial charge in [-0.25, -0.2) is 0 Å². The van der Waals surface area contributed by atoms with E-state index >= 15 is 0 Å². The maximum atomic E-state index is 11.8. The molecule has 0 aliphatic rings. The molecule has 0 saturated carbocycles. The first-order chi connectivity index (χ1) is 8.11. The quantitative estimate of drug-likeness (QED) is 0.599. The average molecular weight is 256 g/mol. The summed E-state index contributed by atoms with van der Waals surface area (Å²) in [5, 5.41) is 1.84. The Morgan fingerprint density at radius 1 is 1.24 bits per heavy atom. The molecule has 94 valence electrons. The van der Waals surface area contributed by atoms with E-state index in [0.717, 1.165) is 4.88 Å². The Morgan fingerprint density at radius 2 is 1.76 bits per heavy atom. The summed E-state index contributed by atoms with van der Waals surface area (Å²) in [6.45, 7) is 5.78. The standard InChI is InChI=1S/C12H16O4S/c1-4-15-11(13)10(12(14)16-5-2)9-6-7-17-8(9)3/h6-7,10H,4-5H2,1-3H3. The molecule has 0 aliphatic carbocycles. The van der Waals surface area contributed by atoms with Crippen LogP contribution in [-0.2, 0) is 19.1 Å². The third-order valence-corrected chi connectivity index (χ3v) is 3.12. The van der Waals surface area contributed by atoms with Gasteiger partial charge >= 0.3 is 11.9 Å².